The predicted octanol–water partition coefficient (Wildman–Crippen LogP) is 10.4. The smallest absolute Gasteiger partial charge is 0.0129 e. The first kappa shape index (κ1) is 25.4. The van der Waals surface area contributed by atoms with Crippen molar-refractivity contribution < 1.29 is 0 Å². The summed E-state index contributed by atoms with van der Waals surface area (Å²) in [5.74, 6) is 0. The molecule has 4 aromatic carbocycles. The molecule has 2 heterocycles. The summed E-state index contributed by atoms with van der Waals surface area (Å²) in [4.78, 5) is 0. The molecule has 0 radical (unpaired) electrons. The molecule has 0 aromatic heterocycles. The molecule has 2 saturated heterocycles. The van der Waals surface area contributed by atoms with E-state index in [1.54, 1.807) is 5.56 Å². The lowest BCUT2D eigenvalue weighted by molar-refractivity contribution is 0.557. The maximum atomic E-state index is 2.35. The van der Waals surface area contributed by atoms with Crippen LogP contribution < -0.4 is 0 Å². The molecule has 2 aliphatic rings. The Morgan fingerprint density at radius 3 is 1.42 bits per heavy atom. The minimum Gasteiger partial charge on any atom is -0.107 e. The van der Waals surface area contributed by atoms with Gasteiger partial charge in [0.2, 0.25) is 0 Å². The van der Waals surface area contributed by atoms with Crippen LogP contribution in [0.25, 0.3) is 0 Å². The van der Waals surface area contributed by atoms with E-state index in [0.29, 0.717) is 5.16 Å². The minimum absolute atomic E-state index is 0.432. The van der Waals surface area contributed by atoms with Gasteiger partial charge in [-0.2, -0.15) is 0 Å². The molecule has 2 heteroatoms. The third-order valence-corrected chi connectivity index (χ3v) is 12.5. The maximum Gasteiger partial charge on any atom is 0.0129 e. The quantitative estimate of drug-likeness (QED) is 0.235. The molecule has 5 atom stereocenters. The first-order valence-corrected chi connectivity index (χ1v) is 15.7. The van der Waals surface area contributed by atoms with Crippen LogP contribution in [0.4, 0.5) is 0 Å². The standard InChI is InChI=1S/C18H21P.C16H17P/c1-2-18(16-11-7-4-8-12-16)14-13-17(19-18)15-9-5-3-6-10-15;1-3-7-13(8-4-1)15-11-12-16(17-15)14-9-5-2-6-10-14/h3-12,17,19H,2,13-14H2,1H3;1-10,15-17H,11-12H2/t17-,18-;15-,16-/m11/s1. The van der Waals surface area contributed by atoms with Crippen LogP contribution in [-0.2, 0) is 5.16 Å². The van der Waals surface area contributed by atoms with Gasteiger partial charge in [-0.25, -0.2) is 0 Å². The molecule has 0 bridgehead atoms. The van der Waals surface area contributed by atoms with Gasteiger partial charge in [-0.05, 0) is 54.4 Å². The molecule has 2 fully saturated rings. The molecule has 4 aromatic rings. The van der Waals surface area contributed by atoms with Gasteiger partial charge >= 0.3 is 0 Å². The molecule has 0 nitrogen and oxygen atoms in total. The fourth-order valence-corrected chi connectivity index (χ4v) is 9.97. The summed E-state index contributed by atoms with van der Waals surface area (Å²) >= 11 is 0. The highest BCUT2D eigenvalue weighted by Gasteiger charge is 2.39. The van der Waals surface area contributed by atoms with Gasteiger partial charge in [-0.3, -0.25) is 0 Å². The molecule has 184 valence electrons. The summed E-state index contributed by atoms with van der Waals surface area (Å²) in [6, 6.07) is 44.2. The molecule has 0 amide bonds. The average molecular weight is 509 g/mol. The summed E-state index contributed by atoms with van der Waals surface area (Å²) in [6.07, 6.45) is 6.64. The zero-order chi connectivity index (χ0) is 24.6. The van der Waals surface area contributed by atoms with Crippen LogP contribution in [0.3, 0.4) is 0 Å². The van der Waals surface area contributed by atoms with Crippen molar-refractivity contribution in [3.05, 3.63) is 144 Å². The van der Waals surface area contributed by atoms with Crippen LogP contribution in [-0.4, -0.2) is 0 Å². The second kappa shape index (κ2) is 12.3. The lowest BCUT2D eigenvalue weighted by Gasteiger charge is -2.29. The normalized spacial score (nSPS) is 25.9. The SMILES string of the molecule is CC[C@]1(c2ccccc2)CC[C@H](c2ccccc2)P1.c1ccc([C@H]2CC[C@H](c3ccccc3)P2)cc1. The highest BCUT2D eigenvalue weighted by Crippen LogP contribution is 2.63. The van der Waals surface area contributed by atoms with Gasteiger partial charge in [-0.15, -0.1) is 17.2 Å². The van der Waals surface area contributed by atoms with Gasteiger partial charge in [0.25, 0.3) is 0 Å². The first-order valence-electron chi connectivity index (χ1n) is 13.5. The van der Waals surface area contributed by atoms with Gasteiger partial charge in [0.1, 0.15) is 0 Å². The Hall–Kier alpha value is -2.26. The fourth-order valence-electron chi connectivity index (χ4n) is 5.91. The third kappa shape index (κ3) is 5.99. The van der Waals surface area contributed by atoms with E-state index in [1.165, 1.54) is 48.8 Å². The van der Waals surface area contributed by atoms with Crippen molar-refractivity contribution in [1.82, 2.24) is 0 Å². The molecule has 6 rings (SSSR count). The van der Waals surface area contributed by atoms with Gasteiger partial charge in [0, 0.05) is 22.1 Å². The molecule has 2 aliphatic heterocycles. The second-order valence-corrected chi connectivity index (χ2v) is 13.8. The van der Waals surface area contributed by atoms with Crippen molar-refractivity contribution in [3.8, 4) is 0 Å². The topological polar surface area (TPSA) is 0 Å². The van der Waals surface area contributed by atoms with E-state index in [1.807, 2.05) is 0 Å². The van der Waals surface area contributed by atoms with Crippen molar-refractivity contribution in [3.63, 3.8) is 0 Å². The number of hydrogen-bond acceptors (Lipinski definition) is 0. The van der Waals surface area contributed by atoms with Crippen LogP contribution >= 0.6 is 17.2 Å². The Balaban J connectivity index is 0.000000149. The van der Waals surface area contributed by atoms with Crippen LogP contribution in [0.1, 0.15) is 78.3 Å². The second-order valence-electron chi connectivity index (χ2n) is 10.1. The van der Waals surface area contributed by atoms with Crippen LogP contribution in [0.5, 0.6) is 0 Å². The zero-order valence-corrected chi connectivity index (χ0v) is 23.3. The molecular formula is C34H38P2. The summed E-state index contributed by atoms with van der Waals surface area (Å²) < 4.78 is 0. The Kier molecular flexibility index (Phi) is 8.69. The molecule has 1 unspecified atom stereocenters. The summed E-state index contributed by atoms with van der Waals surface area (Å²) in [6.45, 7) is 2.35. The molecular weight excluding hydrogens is 470 g/mol. The van der Waals surface area contributed by atoms with E-state index in [4.69, 9.17) is 0 Å². The average Bonchev–Trinajstić information content (AvgIpc) is 3.65. The van der Waals surface area contributed by atoms with E-state index >= 15 is 0 Å². The van der Waals surface area contributed by atoms with Crippen molar-refractivity contribution in [1.29, 1.82) is 0 Å². The van der Waals surface area contributed by atoms with Crippen molar-refractivity contribution in [2.75, 3.05) is 0 Å². The zero-order valence-electron chi connectivity index (χ0n) is 21.3. The molecule has 0 saturated carbocycles. The predicted molar refractivity (Wildman–Crippen MR) is 161 cm³/mol. The van der Waals surface area contributed by atoms with E-state index in [0.717, 1.165) is 34.1 Å². The monoisotopic (exact) mass is 508 g/mol. The third-order valence-electron chi connectivity index (χ3n) is 7.99. The minimum atomic E-state index is 0.432. The molecule has 0 spiro atoms. The Bertz CT molecular complexity index is 1130. The van der Waals surface area contributed by atoms with Crippen molar-refractivity contribution in [2.24, 2.45) is 0 Å². The van der Waals surface area contributed by atoms with Gasteiger partial charge < -0.3 is 0 Å². The Morgan fingerprint density at radius 1 is 0.556 bits per heavy atom. The highest BCUT2D eigenvalue weighted by molar-refractivity contribution is 7.40. The lowest BCUT2D eigenvalue weighted by Crippen LogP contribution is -2.15. The summed E-state index contributed by atoms with van der Waals surface area (Å²) in [5, 5.41) is 0.432. The summed E-state index contributed by atoms with van der Waals surface area (Å²) in [5.41, 5.74) is 8.50. The maximum absolute atomic E-state index is 2.35. The highest BCUT2D eigenvalue weighted by atomic mass is 31.1. The largest absolute Gasteiger partial charge is 0.107 e. The fraction of sp³-hybridized carbons (Fsp3) is 0.294. The summed E-state index contributed by atoms with van der Waals surface area (Å²) in [7, 11) is 2.06. The molecule has 36 heavy (non-hydrogen) atoms. The Morgan fingerprint density at radius 2 is 0.972 bits per heavy atom. The van der Waals surface area contributed by atoms with Gasteiger partial charge in [-0.1, -0.05) is 128 Å². The van der Waals surface area contributed by atoms with E-state index in [-0.39, 0.29) is 0 Å². The number of hydrogen-bond donors (Lipinski definition) is 0. The van der Waals surface area contributed by atoms with E-state index < -0.39 is 0 Å². The van der Waals surface area contributed by atoms with E-state index in [9.17, 15) is 0 Å². The van der Waals surface area contributed by atoms with Gasteiger partial charge in [0.05, 0.1) is 0 Å². The van der Waals surface area contributed by atoms with Crippen molar-refractivity contribution >= 4 is 17.2 Å². The Labute approximate surface area is 221 Å². The number of benzene rings is 4. The van der Waals surface area contributed by atoms with Gasteiger partial charge in [0.15, 0.2) is 0 Å². The molecule has 0 aliphatic carbocycles. The van der Waals surface area contributed by atoms with Crippen LogP contribution in [0.15, 0.2) is 121 Å². The van der Waals surface area contributed by atoms with Crippen molar-refractivity contribution in [2.45, 2.75) is 61.2 Å². The van der Waals surface area contributed by atoms with Crippen LogP contribution in [0, 0.1) is 0 Å². The van der Waals surface area contributed by atoms with E-state index in [2.05, 4.69) is 128 Å². The molecule has 0 N–H and O–H groups in total. The van der Waals surface area contributed by atoms with Crippen LogP contribution in [0.2, 0.25) is 0 Å². The first-order chi connectivity index (χ1) is 17.8. The number of rotatable bonds is 5. The lowest BCUT2D eigenvalue weighted by atomic mass is 9.90.